The molecule has 0 N–H and O–H groups in total. The lowest BCUT2D eigenvalue weighted by Gasteiger charge is -2.24. The number of hydrogen-bond donors (Lipinski definition) is 0. The van der Waals surface area contributed by atoms with E-state index < -0.39 is 0 Å². The molecule has 0 amide bonds. The molecule has 0 aliphatic heterocycles. The number of rotatable bonds is 4. The maximum absolute atomic E-state index is 2.41. The summed E-state index contributed by atoms with van der Waals surface area (Å²) in [5, 5.41) is 10.4. The molecule has 1 aliphatic rings. The van der Waals surface area contributed by atoms with Crippen molar-refractivity contribution in [3.63, 3.8) is 0 Å². The summed E-state index contributed by atoms with van der Waals surface area (Å²) in [5.74, 6) is 0. The second-order valence-electron chi connectivity index (χ2n) is 15.6. The van der Waals surface area contributed by atoms with Crippen LogP contribution in [-0.2, 0) is 5.41 Å². The molecule has 1 aliphatic carbocycles. The Morgan fingerprint density at radius 2 is 0.709 bits per heavy atom. The highest BCUT2D eigenvalue weighted by molar-refractivity contribution is 6.22. The minimum Gasteiger partial charge on any atom is -0.0622 e. The van der Waals surface area contributed by atoms with E-state index in [1.54, 1.807) is 0 Å². The molecule has 0 saturated carbocycles. The summed E-state index contributed by atoms with van der Waals surface area (Å²) in [4.78, 5) is 0. The molecule has 258 valence electrons. The molecule has 0 aromatic heterocycles. The van der Waals surface area contributed by atoms with E-state index in [9.17, 15) is 0 Å². The zero-order chi connectivity index (χ0) is 36.7. The molecule has 0 heterocycles. The largest absolute Gasteiger partial charge is 0.0622 e. The zero-order valence-electron chi connectivity index (χ0n) is 31.0. The molecule has 0 fully saturated rings. The Labute approximate surface area is 322 Å². The minimum atomic E-state index is -0.134. The van der Waals surface area contributed by atoms with Crippen LogP contribution in [0.2, 0.25) is 0 Å². The van der Waals surface area contributed by atoms with Gasteiger partial charge in [0.15, 0.2) is 0 Å². The van der Waals surface area contributed by atoms with Gasteiger partial charge in [-0.15, -0.1) is 0 Å². The molecular formula is C55H38. The van der Waals surface area contributed by atoms with Crippen molar-refractivity contribution in [2.45, 2.75) is 19.3 Å². The van der Waals surface area contributed by atoms with Crippen LogP contribution in [0.4, 0.5) is 0 Å². The second-order valence-corrected chi connectivity index (χ2v) is 15.6. The molecule has 10 aromatic rings. The van der Waals surface area contributed by atoms with E-state index in [0.717, 1.165) is 0 Å². The smallest absolute Gasteiger partial charge is 0.0165 e. The van der Waals surface area contributed by atoms with Gasteiger partial charge in [-0.1, -0.05) is 202 Å². The third-order valence-corrected chi connectivity index (χ3v) is 12.2. The summed E-state index contributed by atoms with van der Waals surface area (Å²) in [5.41, 5.74) is 15.5. The summed E-state index contributed by atoms with van der Waals surface area (Å²) >= 11 is 0. The van der Waals surface area contributed by atoms with Gasteiger partial charge in [0.2, 0.25) is 0 Å². The van der Waals surface area contributed by atoms with Gasteiger partial charge in [-0.3, -0.25) is 0 Å². The van der Waals surface area contributed by atoms with Crippen LogP contribution in [0.25, 0.3) is 98.7 Å². The first-order valence-electron chi connectivity index (χ1n) is 19.4. The molecule has 55 heavy (non-hydrogen) atoms. The van der Waals surface area contributed by atoms with Crippen molar-refractivity contribution in [1.29, 1.82) is 0 Å². The average Bonchev–Trinajstić information content (AvgIpc) is 3.50. The van der Waals surface area contributed by atoms with Gasteiger partial charge in [0.05, 0.1) is 0 Å². The van der Waals surface area contributed by atoms with Gasteiger partial charge in [0.1, 0.15) is 0 Å². The summed E-state index contributed by atoms with van der Waals surface area (Å²) in [7, 11) is 0. The molecule has 0 spiro atoms. The van der Waals surface area contributed by atoms with E-state index in [4.69, 9.17) is 0 Å². The molecule has 0 radical (unpaired) electrons. The van der Waals surface area contributed by atoms with Gasteiger partial charge in [-0.05, 0) is 116 Å². The van der Waals surface area contributed by atoms with E-state index in [1.807, 2.05) is 0 Å². The molecule has 11 rings (SSSR count). The SMILES string of the molecule is CC1(C)c2cccc(-c3ccc(-c4c5ccccc5c(-c5cccc(-c6ccccc6)c5)c5ccccc45)cc3)c2-c2c1c1ccccc1c1ccccc21. The van der Waals surface area contributed by atoms with Crippen molar-refractivity contribution >= 4 is 43.1 Å². The minimum absolute atomic E-state index is 0.134. The molecule has 10 aromatic carbocycles. The summed E-state index contributed by atoms with van der Waals surface area (Å²) in [6.45, 7) is 4.81. The fraction of sp³-hybridized carbons (Fsp3) is 0.0545. The molecule has 0 bridgehead atoms. The summed E-state index contributed by atoms with van der Waals surface area (Å²) < 4.78 is 0. The molecule has 0 heteroatoms. The predicted octanol–water partition coefficient (Wildman–Crippen LogP) is 15.3. The summed E-state index contributed by atoms with van der Waals surface area (Å²) in [6, 6.07) is 71.9. The first-order valence-corrected chi connectivity index (χ1v) is 19.4. The van der Waals surface area contributed by atoms with Crippen molar-refractivity contribution in [3.05, 3.63) is 205 Å². The third kappa shape index (κ3) is 4.71. The van der Waals surface area contributed by atoms with Gasteiger partial charge in [-0.25, -0.2) is 0 Å². The lowest BCUT2D eigenvalue weighted by Crippen LogP contribution is -2.15. The Balaban J connectivity index is 1.10. The van der Waals surface area contributed by atoms with Crippen LogP contribution >= 0.6 is 0 Å². The Morgan fingerprint density at radius 3 is 1.33 bits per heavy atom. The molecule has 0 unspecified atom stereocenters. The lowest BCUT2D eigenvalue weighted by atomic mass is 9.79. The Morgan fingerprint density at radius 1 is 0.273 bits per heavy atom. The highest BCUT2D eigenvalue weighted by atomic mass is 14.4. The number of hydrogen-bond acceptors (Lipinski definition) is 0. The van der Waals surface area contributed by atoms with Crippen molar-refractivity contribution in [1.82, 2.24) is 0 Å². The first kappa shape index (κ1) is 31.7. The molecule has 0 nitrogen and oxygen atoms in total. The Bertz CT molecular complexity index is 3090. The first-order chi connectivity index (χ1) is 27.1. The van der Waals surface area contributed by atoms with Gasteiger partial charge in [-0.2, -0.15) is 0 Å². The van der Waals surface area contributed by atoms with Gasteiger partial charge in [0.25, 0.3) is 0 Å². The van der Waals surface area contributed by atoms with E-state index >= 15 is 0 Å². The lowest BCUT2D eigenvalue weighted by molar-refractivity contribution is 0.666. The number of fused-ring (bicyclic) bond motifs is 10. The van der Waals surface area contributed by atoms with Crippen molar-refractivity contribution in [3.8, 4) is 55.6 Å². The van der Waals surface area contributed by atoms with Crippen LogP contribution in [0.1, 0.15) is 25.0 Å². The van der Waals surface area contributed by atoms with E-state index in [-0.39, 0.29) is 5.41 Å². The quantitative estimate of drug-likeness (QED) is 0.127. The summed E-state index contributed by atoms with van der Waals surface area (Å²) in [6.07, 6.45) is 0. The van der Waals surface area contributed by atoms with Crippen LogP contribution in [0.5, 0.6) is 0 Å². The Hall–Kier alpha value is -6.76. The molecule has 0 atom stereocenters. The van der Waals surface area contributed by atoms with E-state index in [2.05, 4.69) is 208 Å². The van der Waals surface area contributed by atoms with Gasteiger partial charge >= 0.3 is 0 Å². The van der Waals surface area contributed by atoms with Crippen LogP contribution in [-0.4, -0.2) is 0 Å². The van der Waals surface area contributed by atoms with Gasteiger partial charge in [0, 0.05) is 5.41 Å². The van der Waals surface area contributed by atoms with E-state index in [1.165, 1.54) is 110 Å². The highest BCUT2D eigenvalue weighted by Crippen LogP contribution is 2.57. The van der Waals surface area contributed by atoms with Crippen LogP contribution in [0.3, 0.4) is 0 Å². The third-order valence-electron chi connectivity index (χ3n) is 12.2. The zero-order valence-corrected chi connectivity index (χ0v) is 31.0. The fourth-order valence-electron chi connectivity index (χ4n) is 9.82. The Kier molecular flexibility index (Phi) is 7.00. The van der Waals surface area contributed by atoms with Crippen LogP contribution in [0, 0.1) is 0 Å². The second kappa shape index (κ2) is 12.1. The van der Waals surface area contributed by atoms with Crippen molar-refractivity contribution in [2.24, 2.45) is 0 Å². The highest BCUT2D eigenvalue weighted by Gasteiger charge is 2.39. The topological polar surface area (TPSA) is 0 Å². The maximum Gasteiger partial charge on any atom is 0.0165 e. The maximum atomic E-state index is 2.41. The standard InChI is InChI=1S/C55H38/c1-55(2)49-29-15-28-40(52(49)53-43-22-8-6-20-41(43)42-21-7-13-27-48(42)54(53)55)36-30-32-37(33-31-36)50-44-23-9-11-25-46(44)51(47-26-12-10-24-45(47)50)39-19-14-18-38(34-39)35-16-4-3-5-17-35/h3-34H,1-2H3. The number of benzene rings is 10. The molecular weight excluding hydrogens is 661 g/mol. The van der Waals surface area contributed by atoms with Crippen LogP contribution < -0.4 is 0 Å². The van der Waals surface area contributed by atoms with Crippen molar-refractivity contribution < 1.29 is 0 Å². The molecule has 0 saturated heterocycles. The van der Waals surface area contributed by atoms with Gasteiger partial charge < -0.3 is 0 Å². The monoisotopic (exact) mass is 698 g/mol. The normalized spacial score (nSPS) is 13.1. The van der Waals surface area contributed by atoms with E-state index in [0.29, 0.717) is 0 Å². The van der Waals surface area contributed by atoms with Crippen molar-refractivity contribution in [2.75, 3.05) is 0 Å². The fourth-order valence-corrected chi connectivity index (χ4v) is 9.82. The predicted molar refractivity (Wildman–Crippen MR) is 236 cm³/mol. The average molecular weight is 699 g/mol. The van der Waals surface area contributed by atoms with Crippen LogP contribution in [0.15, 0.2) is 194 Å².